The van der Waals surface area contributed by atoms with Crippen LogP contribution in [0.4, 0.5) is 22.0 Å². The SMILES string of the molecule is NC1=N[C@](CF)(c2cc(CC(=O)c3cnc(OCC(F)(F)F)cn3)cc(Cl)c2F)[C@H]2C[C@H]2O1. The minimum atomic E-state index is -4.55. The van der Waals surface area contributed by atoms with Gasteiger partial charge >= 0.3 is 6.18 Å². The molecule has 33 heavy (non-hydrogen) atoms. The van der Waals surface area contributed by atoms with Gasteiger partial charge in [0, 0.05) is 17.9 Å². The number of alkyl halides is 4. The molecule has 2 heterocycles. The highest BCUT2D eigenvalue weighted by atomic mass is 35.5. The summed E-state index contributed by atoms with van der Waals surface area (Å²) in [7, 11) is 0. The molecule has 0 spiro atoms. The zero-order valence-electron chi connectivity index (χ0n) is 16.7. The van der Waals surface area contributed by atoms with E-state index < -0.39 is 48.4 Å². The van der Waals surface area contributed by atoms with E-state index in [1.807, 2.05) is 0 Å². The number of hydrogen-bond donors (Lipinski definition) is 1. The van der Waals surface area contributed by atoms with Crippen LogP contribution in [0.15, 0.2) is 29.5 Å². The minimum absolute atomic E-state index is 0.138. The van der Waals surface area contributed by atoms with Crippen molar-refractivity contribution < 1.29 is 36.2 Å². The van der Waals surface area contributed by atoms with Gasteiger partial charge in [0.2, 0.25) is 5.88 Å². The summed E-state index contributed by atoms with van der Waals surface area (Å²) >= 11 is 6.02. The van der Waals surface area contributed by atoms with Crippen molar-refractivity contribution >= 4 is 23.4 Å². The van der Waals surface area contributed by atoms with Crippen LogP contribution in [0, 0.1) is 11.7 Å². The second kappa shape index (κ2) is 8.40. The summed E-state index contributed by atoms with van der Waals surface area (Å²) < 4.78 is 75.5. The molecule has 1 aliphatic heterocycles. The van der Waals surface area contributed by atoms with E-state index >= 15 is 0 Å². The molecule has 13 heteroatoms. The second-order valence-corrected chi connectivity index (χ2v) is 8.10. The summed E-state index contributed by atoms with van der Waals surface area (Å²) in [6.07, 6.45) is -2.96. The van der Waals surface area contributed by atoms with Crippen LogP contribution in [-0.2, 0) is 16.7 Å². The normalized spacial score (nSPS) is 23.9. The molecule has 1 fully saturated rings. The Labute approximate surface area is 188 Å². The van der Waals surface area contributed by atoms with Crippen molar-refractivity contribution in [2.24, 2.45) is 16.6 Å². The molecule has 2 aliphatic rings. The summed E-state index contributed by atoms with van der Waals surface area (Å²) in [5.74, 6) is -2.29. The summed E-state index contributed by atoms with van der Waals surface area (Å²) in [6, 6.07) is 2.26. The molecule has 2 aromatic rings. The van der Waals surface area contributed by atoms with Gasteiger partial charge in [-0.3, -0.25) is 4.79 Å². The van der Waals surface area contributed by atoms with Gasteiger partial charge in [-0.2, -0.15) is 13.2 Å². The van der Waals surface area contributed by atoms with Crippen LogP contribution in [0.25, 0.3) is 0 Å². The van der Waals surface area contributed by atoms with Crippen molar-refractivity contribution in [3.05, 3.63) is 52.2 Å². The molecule has 4 rings (SSSR count). The number of ketones is 1. The number of benzene rings is 1. The number of rotatable bonds is 7. The highest BCUT2D eigenvalue weighted by Crippen LogP contribution is 2.54. The third-order valence-electron chi connectivity index (χ3n) is 5.35. The number of aromatic nitrogens is 2. The number of Topliss-reactive ketones (excluding diaryl/α,β-unsaturated/α-hetero) is 1. The third-order valence-corrected chi connectivity index (χ3v) is 5.62. The molecule has 0 amide bonds. The second-order valence-electron chi connectivity index (χ2n) is 7.69. The molecule has 3 atom stereocenters. The van der Waals surface area contributed by atoms with E-state index in [4.69, 9.17) is 22.1 Å². The fourth-order valence-corrected chi connectivity index (χ4v) is 4.00. The standard InChI is InChI=1S/C20H16ClF5N4O3/c21-12-2-9(3-14(31)13-5-29-16(6-28-13)32-8-20(24,25)26)1-11(17(12)23)19(7-22)10-4-15(10)33-18(27)30-19/h1-2,5-6,10,15H,3-4,7-8H2,(H2,27,30)/t10-,15+,19-/m0/s1. The zero-order chi connectivity index (χ0) is 24.0. The Morgan fingerprint density at radius 1 is 1.30 bits per heavy atom. The maximum atomic E-state index is 14.9. The molecule has 0 radical (unpaired) electrons. The quantitative estimate of drug-likeness (QED) is 0.471. The lowest BCUT2D eigenvalue weighted by Gasteiger charge is -2.31. The summed E-state index contributed by atoms with van der Waals surface area (Å²) in [5.41, 5.74) is 3.99. The number of nitrogens with two attached hydrogens (primary N) is 1. The van der Waals surface area contributed by atoms with Gasteiger partial charge in [-0.1, -0.05) is 11.6 Å². The van der Waals surface area contributed by atoms with Crippen molar-refractivity contribution in [3.8, 4) is 5.88 Å². The van der Waals surface area contributed by atoms with E-state index in [0.29, 0.717) is 6.42 Å². The molecule has 0 unspecified atom stereocenters. The van der Waals surface area contributed by atoms with Gasteiger partial charge in [-0.25, -0.2) is 23.7 Å². The smallest absolute Gasteiger partial charge is 0.422 e. The van der Waals surface area contributed by atoms with Crippen LogP contribution in [0.3, 0.4) is 0 Å². The van der Waals surface area contributed by atoms with E-state index in [2.05, 4.69) is 19.7 Å². The summed E-state index contributed by atoms with van der Waals surface area (Å²) in [4.78, 5) is 24.0. The van der Waals surface area contributed by atoms with Gasteiger partial charge in [-0.05, 0) is 24.1 Å². The summed E-state index contributed by atoms with van der Waals surface area (Å²) in [5, 5.41) is -0.331. The Bertz CT molecular complexity index is 1110. The van der Waals surface area contributed by atoms with Crippen LogP contribution in [0.5, 0.6) is 5.88 Å². The number of nitrogens with zero attached hydrogens (tertiary/aromatic N) is 3. The molecule has 0 bridgehead atoms. The Balaban J connectivity index is 1.56. The number of hydrogen-bond acceptors (Lipinski definition) is 7. The Kier molecular flexibility index (Phi) is 5.89. The maximum absolute atomic E-state index is 14.9. The van der Waals surface area contributed by atoms with E-state index in [1.54, 1.807) is 0 Å². The number of halogens is 6. The van der Waals surface area contributed by atoms with E-state index in [0.717, 1.165) is 12.4 Å². The molecule has 1 aliphatic carbocycles. The van der Waals surface area contributed by atoms with Crippen molar-refractivity contribution in [1.82, 2.24) is 9.97 Å². The number of amidine groups is 1. The molecule has 1 aromatic carbocycles. The maximum Gasteiger partial charge on any atom is 0.422 e. The average molecular weight is 491 g/mol. The van der Waals surface area contributed by atoms with E-state index in [1.165, 1.54) is 12.1 Å². The number of ether oxygens (including phenoxy) is 2. The van der Waals surface area contributed by atoms with Gasteiger partial charge < -0.3 is 15.2 Å². The number of carbonyl (C=O) groups excluding carboxylic acids is 1. The number of aliphatic imine (C=N–C) groups is 1. The van der Waals surface area contributed by atoms with Crippen molar-refractivity contribution in [2.45, 2.75) is 30.7 Å². The molecule has 1 saturated carbocycles. The first-order chi connectivity index (χ1) is 15.5. The summed E-state index contributed by atoms with van der Waals surface area (Å²) in [6.45, 7) is -2.60. The first-order valence-corrected chi connectivity index (χ1v) is 10.0. The van der Waals surface area contributed by atoms with Gasteiger partial charge in [-0.15, -0.1) is 0 Å². The topological polar surface area (TPSA) is 99.7 Å². The Hall–Kier alpha value is -3.02. The average Bonchev–Trinajstić information content (AvgIpc) is 3.53. The predicted molar refractivity (Wildman–Crippen MR) is 105 cm³/mol. The molecular formula is C20H16ClF5N4O3. The third kappa shape index (κ3) is 4.70. The molecule has 1 aromatic heterocycles. The molecule has 2 N–H and O–H groups in total. The number of fused-ring (bicyclic) bond motifs is 1. The van der Waals surface area contributed by atoms with E-state index in [9.17, 15) is 26.7 Å². The van der Waals surface area contributed by atoms with Gasteiger partial charge in [0.15, 0.2) is 12.4 Å². The highest BCUT2D eigenvalue weighted by molar-refractivity contribution is 6.31. The lowest BCUT2D eigenvalue weighted by atomic mass is 9.84. The molecule has 0 saturated heterocycles. The lowest BCUT2D eigenvalue weighted by Crippen LogP contribution is -2.40. The van der Waals surface area contributed by atoms with Crippen molar-refractivity contribution in [1.29, 1.82) is 0 Å². The van der Waals surface area contributed by atoms with Gasteiger partial charge in [0.05, 0.1) is 17.4 Å². The largest absolute Gasteiger partial charge is 0.467 e. The molecule has 176 valence electrons. The Morgan fingerprint density at radius 2 is 2.06 bits per heavy atom. The number of carbonyl (C=O) groups is 1. The Morgan fingerprint density at radius 3 is 2.70 bits per heavy atom. The van der Waals surface area contributed by atoms with Gasteiger partial charge in [0.1, 0.15) is 29.8 Å². The van der Waals surface area contributed by atoms with Crippen molar-refractivity contribution in [3.63, 3.8) is 0 Å². The first kappa shape index (κ1) is 23.1. The van der Waals surface area contributed by atoms with Crippen LogP contribution in [0.2, 0.25) is 5.02 Å². The van der Waals surface area contributed by atoms with Crippen molar-refractivity contribution in [2.75, 3.05) is 13.3 Å². The fraction of sp³-hybridized carbons (Fsp3) is 0.400. The predicted octanol–water partition coefficient (Wildman–Crippen LogP) is 3.53. The lowest BCUT2D eigenvalue weighted by molar-refractivity contribution is -0.154. The van der Waals surface area contributed by atoms with Crippen LogP contribution >= 0.6 is 11.6 Å². The zero-order valence-corrected chi connectivity index (χ0v) is 17.5. The highest BCUT2D eigenvalue weighted by Gasteiger charge is 2.60. The fourth-order valence-electron chi connectivity index (χ4n) is 3.76. The monoisotopic (exact) mass is 490 g/mol. The van der Waals surface area contributed by atoms with Crippen LogP contribution in [0.1, 0.15) is 28.0 Å². The van der Waals surface area contributed by atoms with Crippen LogP contribution in [-0.4, -0.2) is 47.3 Å². The first-order valence-electron chi connectivity index (χ1n) is 9.63. The van der Waals surface area contributed by atoms with E-state index in [-0.39, 0.29) is 40.4 Å². The van der Waals surface area contributed by atoms with Gasteiger partial charge in [0.25, 0.3) is 6.02 Å². The molecular weight excluding hydrogens is 475 g/mol. The minimum Gasteiger partial charge on any atom is -0.467 e. The van der Waals surface area contributed by atoms with Crippen LogP contribution < -0.4 is 10.5 Å². The molecule has 7 nitrogen and oxygen atoms in total.